The third kappa shape index (κ3) is 6.60. The fourth-order valence-corrected chi connectivity index (χ4v) is 4.32. The summed E-state index contributed by atoms with van der Waals surface area (Å²) in [5.41, 5.74) is 5.74. The molecule has 0 unspecified atom stereocenters. The van der Waals surface area contributed by atoms with E-state index in [9.17, 15) is 19.8 Å². The molecule has 0 atom stereocenters. The van der Waals surface area contributed by atoms with Crippen molar-refractivity contribution in [1.82, 2.24) is 10.7 Å². The van der Waals surface area contributed by atoms with Crippen LogP contribution >= 0.6 is 15.9 Å². The van der Waals surface area contributed by atoms with E-state index in [2.05, 4.69) is 50.5 Å². The SMILES string of the molecule is CCN(CC)c1ccc(C=C(NC(=O)c2ccccc2)C(=O)NN=Cc2c(C)c(Br)c(O)c(C)c2O)cc1. The maximum absolute atomic E-state index is 13.1. The molecule has 0 fully saturated rings. The Bertz CT molecular complexity index is 1340. The molecule has 2 amide bonds. The molecule has 0 spiro atoms. The fourth-order valence-electron chi connectivity index (χ4n) is 3.81. The average molecular weight is 579 g/mol. The summed E-state index contributed by atoms with van der Waals surface area (Å²) in [6, 6.07) is 16.2. The number of halogens is 1. The Morgan fingerprint density at radius 1 is 0.947 bits per heavy atom. The number of carbonyl (C=O) groups excluding carboxylic acids is 2. The number of nitrogens with one attached hydrogen (secondary N) is 2. The number of carbonyl (C=O) groups is 2. The smallest absolute Gasteiger partial charge is 0.287 e. The van der Waals surface area contributed by atoms with E-state index < -0.39 is 11.8 Å². The summed E-state index contributed by atoms with van der Waals surface area (Å²) in [6.07, 6.45) is 2.86. The van der Waals surface area contributed by atoms with Crippen LogP contribution in [-0.4, -0.2) is 41.3 Å². The second-order valence-electron chi connectivity index (χ2n) is 8.52. The molecule has 0 aliphatic rings. The lowest BCUT2D eigenvalue weighted by Gasteiger charge is -2.21. The fraction of sp³-hybridized carbons (Fsp3) is 0.207. The van der Waals surface area contributed by atoms with Crippen molar-refractivity contribution in [1.29, 1.82) is 0 Å². The highest BCUT2D eigenvalue weighted by molar-refractivity contribution is 9.10. The minimum absolute atomic E-state index is 0.00407. The molecule has 0 aliphatic carbocycles. The number of phenols is 2. The van der Waals surface area contributed by atoms with Crippen LogP contribution in [0.5, 0.6) is 11.5 Å². The summed E-state index contributed by atoms with van der Waals surface area (Å²) in [5, 5.41) is 27.2. The Hall–Kier alpha value is -4.11. The molecule has 38 heavy (non-hydrogen) atoms. The van der Waals surface area contributed by atoms with Gasteiger partial charge in [0.05, 0.1) is 10.7 Å². The van der Waals surface area contributed by atoms with Crippen LogP contribution in [0.25, 0.3) is 6.08 Å². The second kappa shape index (κ2) is 12.9. The van der Waals surface area contributed by atoms with Crippen LogP contribution in [0.3, 0.4) is 0 Å². The predicted molar refractivity (Wildman–Crippen MR) is 155 cm³/mol. The van der Waals surface area contributed by atoms with Crippen LogP contribution in [0.1, 0.15) is 46.5 Å². The Kier molecular flexibility index (Phi) is 9.67. The van der Waals surface area contributed by atoms with E-state index in [-0.39, 0.29) is 22.8 Å². The first kappa shape index (κ1) is 28.5. The maximum atomic E-state index is 13.1. The molecule has 0 saturated carbocycles. The van der Waals surface area contributed by atoms with E-state index in [0.717, 1.165) is 24.3 Å². The zero-order valence-electron chi connectivity index (χ0n) is 21.7. The molecule has 3 aromatic carbocycles. The highest BCUT2D eigenvalue weighted by Gasteiger charge is 2.17. The molecule has 4 N–H and O–H groups in total. The van der Waals surface area contributed by atoms with Crippen LogP contribution in [0.4, 0.5) is 5.69 Å². The van der Waals surface area contributed by atoms with E-state index in [4.69, 9.17) is 0 Å². The number of hydrogen-bond donors (Lipinski definition) is 4. The van der Waals surface area contributed by atoms with Gasteiger partial charge in [-0.05, 0) is 85.1 Å². The maximum Gasteiger partial charge on any atom is 0.287 e. The Morgan fingerprint density at radius 2 is 1.58 bits per heavy atom. The van der Waals surface area contributed by atoms with Crippen molar-refractivity contribution in [3.8, 4) is 11.5 Å². The third-order valence-electron chi connectivity index (χ3n) is 6.13. The topological polar surface area (TPSA) is 114 Å². The van der Waals surface area contributed by atoms with Crippen molar-refractivity contribution >= 4 is 45.7 Å². The standard InChI is InChI=1S/C29H31BrN4O4/c1-5-34(6-2)22-14-12-20(13-15-22)16-24(32-28(37)21-10-8-7-9-11-21)29(38)33-31-17-23-18(3)25(30)27(36)19(4)26(23)35/h7-17,35-36H,5-6H2,1-4H3,(H,32,37)(H,33,38). The van der Waals surface area contributed by atoms with Gasteiger partial charge in [-0.3, -0.25) is 9.59 Å². The van der Waals surface area contributed by atoms with Crippen LogP contribution < -0.4 is 15.6 Å². The minimum atomic E-state index is -0.648. The molecular weight excluding hydrogens is 548 g/mol. The molecule has 198 valence electrons. The average Bonchev–Trinajstić information content (AvgIpc) is 2.94. The molecule has 3 aromatic rings. The van der Waals surface area contributed by atoms with Gasteiger partial charge in [0, 0.05) is 35.5 Å². The van der Waals surface area contributed by atoms with Gasteiger partial charge in [0.1, 0.15) is 17.2 Å². The Balaban J connectivity index is 1.89. The van der Waals surface area contributed by atoms with E-state index in [1.807, 2.05) is 24.3 Å². The molecule has 0 aliphatic heterocycles. The van der Waals surface area contributed by atoms with Crippen LogP contribution in [0.2, 0.25) is 0 Å². The number of hydrogen-bond acceptors (Lipinski definition) is 6. The van der Waals surface area contributed by atoms with Gasteiger partial charge in [-0.15, -0.1) is 0 Å². The lowest BCUT2D eigenvalue weighted by molar-refractivity contribution is -0.117. The highest BCUT2D eigenvalue weighted by Crippen LogP contribution is 2.39. The lowest BCUT2D eigenvalue weighted by Crippen LogP contribution is -2.32. The molecule has 3 rings (SSSR count). The zero-order chi connectivity index (χ0) is 27.8. The summed E-state index contributed by atoms with van der Waals surface area (Å²) in [6.45, 7) is 9.17. The summed E-state index contributed by atoms with van der Waals surface area (Å²) in [4.78, 5) is 28.1. The largest absolute Gasteiger partial charge is 0.507 e. The summed E-state index contributed by atoms with van der Waals surface area (Å²) >= 11 is 3.30. The van der Waals surface area contributed by atoms with Gasteiger partial charge in [-0.25, -0.2) is 5.43 Å². The van der Waals surface area contributed by atoms with Gasteiger partial charge >= 0.3 is 0 Å². The van der Waals surface area contributed by atoms with Crippen LogP contribution in [0.15, 0.2) is 69.9 Å². The molecular formula is C29H31BrN4O4. The number of rotatable bonds is 9. The zero-order valence-corrected chi connectivity index (χ0v) is 23.3. The van der Waals surface area contributed by atoms with Crippen molar-refractivity contribution in [3.63, 3.8) is 0 Å². The van der Waals surface area contributed by atoms with Gasteiger partial charge in [-0.2, -0.15) is 5.10 Å². The van der Waals surface area contributed by atoms with Gasteiger partial charge < -0.3 is 20.4 Å². The van der Waals surface area contributed by atoms with E-state index in [0.29, 0.717) is 21.2 Å². The molecule has 8 nitrogen and oxygen atoms in total. The summed E-state index contributed by atoms with van der Waals surface area (Å²) in [7, 11) is 0. The first-order chi connectivity index (χ1) is 18.2. The van der Waals surface area contributed by atoms with E-state index >= 15 is 0 Å². The molecule has 0 bridgehead atoms. The number of aromatic hydroxyl groups is 2. The van der Waals surface area contributed by atoms with Crippen molar-refractivity contribution < 1.29 is 19.8 Å². The molecule has 0 heterocycles. The monoisotopic (exact) mass is 578 g/mol. The Morgan fingerprint density at radius 3 is 2.18 bits per heavy atom. The third-order valence-corrected chi connectivity index (χ3v) is 7.10. The number of phenolic OH excluding ortho intramolecular Hbond substituents is 2. The number of benzene rings is 3. The summed E-state index contributed by atoms with van der Waals surface area (Å²) in [5.74, 6) is -1.31. The molecule has 0 aromatic heterocycles. The quantitative estimate of drug-likeness (QED) is 0.157. The normalized spacial score (nSPS) is 11.4. The van der Waals surface area contributed by atoms with Crippen LogP contribution in [0, 0.1) is 13.8 Å². The van der Waals surface area contributed by atoms with E-state index in [1.54, 1.807) is 50.3 Å². The van der Waals surface area contributed by atoms with Crippen LogP contribution in [-0.2, 0) is 4.79 Å². The minimum Gasteiger partial charge on any atom is -0.507 e. The Labute approximate surface area is 230 Å². The predicted octanol–water partition coefficient (Wildman–Crippen LogP) is 5.24. The van der Waals surface area contributed by atoms with Gasteiger partial charge in [-0.1, -0.05) is 30.3 Å². The lowest BCUT2D eigenvalue weighted by atomic mass is 10.0. The second-order valence-corrected chi connectivity index (χ2v) is 9.31. The number of nitrogens with zero attached hydrogens (tertiary/aromatic N) is 2. The molecule has 0 radical (unpaired) electrons. The number of hydrazone groups is 1. The molecule has 9 heteroatoms. The van der Waals surface area contributed by atoms with E-state index in [1.165, 1.54) is 6.21 Å². The number of anilines is 1. The van der Waals surface area contributed by atoms with Crippen molar-refractivity contribution in [2.75, 3.05) is 18.0 Å². The number of amides is 2. The van der Waals surface area contributed by atoms with Crippen molar-refractivity contribution in [3.05, 3.63) is 92.6 Å². The first-order valence-corrected chi connectivity index (χ1v) is 12.9. The highest BCUT2D eigenvalue weighted by atomic mass is 79.9. The summed E-state index contributed by atoms with van der Waals surface area (Å²) < 4.78 is 0.421. The first-order valence-electron chi connectivity index (χ1n) is 12.1. The van der Waals surface area contributed by atoms with Gasteiger partial charge in [0.25, 0.3) is 11.8 Å². The van der Waals surface area contributed by atoms with Gasteiger partial charge in [0.15, 0.2) is 0 Å². The van der Waals surface area contributed by atoms with Crippen molar-refractivity contribution in [2.45, 2.75) is 27.7 Å². The van der Waals surface area contributed by atoms with Crippen molar-refractivity contribution in [2.24, 2.45) is 5.10 Å². The molecule has 0 saturated heterocycles. The van der Waals surface area contributed by atoms with Gasteiger partial charge in [0.2, 0.25) is 0 Å².